The first-order valence-electron chi connectivity index (χ1n) is 9.01. The minimum atomic E-state index is -0.980. The molecule has 7 heteroatoms. The van der Waals surface area contributed by atoms with Crippen LogP contribution in [0.3, 0.4) is 0 Å². The molecular formula is C21H24F2N2O3. The van der Waals surface area contributed by atoms with Crippen molar-refractivity contribution in [2.75, 3.05) is 13.2 Å². The van der Waals surface area contributed by atoms with E-state index in [1.165, 1.54) is 6.07 Å². The van der Waals surface area contributed by atoms with Crippen molar-refractivity contribution in [3.05, 3.63) is 65.2 Å². The maximum atomic E-state index is 13.8. The highest BCUT2D eigenvalue weighted by Crippen LogP contribution is 2.13. The molecule has 2 rings (SSSR count). The fourth-order valence-corrected chi connectivity index (χ4v) is 2.55. The average molecular weight is 390 g/mol. The van der Waals surface area contributed by atoms with Gasteiger partial charge in [-0.05, 0) is 37.1 Å². The zero-order valence-corrected chi connectivity index (χ0v) is 16.1. The second kappa shape index (κ2) is 9.82. The number of ether oxygens (including phenoxy) is 1. The largest absolute Gasteiger partial charge is 0.492 e. The summed E-state index contributed by atoms with van der Waals surface area (Å²) in [5.74, 6) is -2.98. The molecule has 2 N–H and O–H groups in total. The van der Waals surface area contributed by atoms with E-state index in [9.17, 15) is 18.4 Å². The molecule has 28 heavy (non-hydrogen) atoms. The Morgan fingerprint density at radius 2 is 1.64 bits per heavy atom. The standard InChI is InChI=1S/C21H24F2N2O3/c1-13(2)19(25-20(26)18-16(22)5-4-6-17(18)23)21(27)24-11-12-28-15-9-7-14(3)8-10-15/h4-10,13,19H,11-12H2,1-3H3,(H,24,27)(H,25,26). The van der Waals surface area contributed by atoms with E-state index >= 15 is 0 Å². The van der Waals surface area contributed by atoms with E-state index in [1.54, 1.807) is 13.8 Å². The molecule has 0 saturated heterocycles. The fraction of sp³-hybridized carbons (Fsp3) is 0.333. The molecule has 0 heterocycles. The first-order chi connectivity index (χ1) is 13.3. The van der Waals surface area contributed by atoms with Crippen molar-refractivity contribution >= 4 is 11.8 Å². The molecule has 2 amide bonds. The minimum Gasteiger partial charge on any atom is -0.492 e. The van der Waals surface area contributed by atoms with Crippen molar-refractivity contribution in [1.29, 1.82) is 0 Å². The van der Waals surface area contributed by atoms with Crippen LogP contribution in [0.4, 0.5) is 8.78 Å². The number of carbonyl (C=O) groups is 2. The van der Waals surface area contributed by atoms with Gasteiger partial charge in [0.15, 0.2) is 0 Å². The second-order valence-electron chi connectivity index (χ2n) is 6.74. The van der Waals surface area contributed by atoms with Gasteiger partial charge >= 0.3 is 0 Å². The lowest BCUT2D eigenvalue weighted by atomic mass is 10.0. The van der Waals surface area contributed by atoms with Crippen LogP contribution in [-0.4, -0.2) is 31.0 Å². The number of nitrogens with one attached hydrogen (secondary N) is 2. The quantitative estimate of drug-likeness (QED) is 0.680. The molecule has 0 spiro atoms. The number of rotatable bonds is 8. The maximum Gasteiger partial charge on any atom is 0.257 e. The van der Waals surface area contributed by atoms with E-state index in [1.807, 2.05) is 31.2 Å². The predicted molar refractivity (Wildman–Crippen MR) is 102 cm³/mol. The van der Waals surface area contributed by atoms with Gasteiger partial charge in [0.1, 0.15) is 35.6 Å². The van der Waals surface area contributed by atoms with Gasteiger partial charge < -0.3 is 15.4 Å². The molecule has 1 atom stereocenters. The van der Waals surface area contributed by atoms with Crippen molar-refractivity contribution in [2.24, 2.45) is 5.92 Å². The molecule has 0 radical (unpaired) electrons. The van der Waals surface area contributed by atoms with E-state index in [2.05, 4.69) is 10.6 Å². The first-order valence-corrected chi connectivity index (χ1v) is 9.01. The predicted octanol–water partition coefficient (Wildman–Crippen LogP) is 3.22. The SMILES string of the molecule is Cc1ccc(OCCNC(=O)C(NC(=O)c2c(F)cccc2F)C(C)C)cc1. The number of halogens is 2. The van der Waals surface area contributed by atoms with Gasteiger partial charge in [-0.2, -0.15) is 0 Å². The molecule has 0 aliphatic carbocycles. The summed E-state index contributed by atoms with van der Waals surface area (Å²) in [6.45, 7) is 5.89. The van der Waals surface area contributed by atoms with Gasteiger partial charge in [-0.15, -0.1) is 0 Å². The Balaban J connectivity index is 1.90. The van der Waals surface area contributed by atoms with Crippen LogP contribution in [-0.2, 0) is 4.79 Å². The number of carbonyl (C=O) groups excluding carboxylic acids is 2. The topological polar surface area (TPSA) is 67.4 Å². The Kier molecular flexibility index (Phi) is 7.49. The van der Waals surface area contributed by atoms with Gasteiger partial charge in [0.25, 0.3) is 5.91 Å². The Hall–Kier alpha value is -2.96. The van der Waals surface area contributed by atoms with Gasteiger partial charge in [0, 0.05) is 0 Å². The highest BCUT2D eigenvalue weighted by molar-refractivity contribution is 5.98. The van der Waals surface area contributed by atoms with Crippen molar-refractivity contribution in [3.63, 3.8) is 0 Å². The highest BCUT2D eigenvalue weighted by atomic mass is 19.1. The summed E-state index contributed by atoms with van der Waals surface area (Å²) in [5.41, 5.74) is 0.408. The normalized spacial score (nSPS) is 11.8. The third-order valence-corrected chi connectivity index (χ3v) is 4.12. The van der Waals surface area contributed by atoms with Crippen molar-refractivity contribution in [2.45, 2.75) is 26.8 Å². The summed E-state index contributed by atoms with van der Waals surface area (Å²) in [5, 5.41) is 5.07. The maximum absolute atomic E-state index is 13.8. The molecule has 0 saturated carbocycles. The van der Waals surface area contributed by atoms with Crippen LogP contribution in [0.1, 0.15) is 29.8 Å². The molecule has 0 bridgehead atoms. The summed E-state index contributed by atoms with van der Waals surface area (Å²) in [7, 11) is 0. The van der Waals surface area contributed by atoms with E-state index in [4.69, 9.17) is 4.74 Å². The summed E-state index contributed by atoms with van der Waals surface area (Å²) >= 11 is 0. The number of aryl methyl sites for hydroxylation is 1. The number of hydrogen-bond donors (Lipinski definition) is 2. The van der Waals surface area contributed by atoms with Crippen molar-refractivity contribution in [1.82, 2.24) is 10.6 Å². The second-order valence-corrected chi connectivity index (χ2v) is 6.74. The minimum absolute atomic E-state index is 0.222. The lowest BCUT2D eigenvalue weighted by Gasteiger charge is -2.22. The Labute approximate surface area is 163 Å². The Morgan fingerprint density at radius 3 is 2.21 bits per heavy atom. The van der Waals surface area contributed by atoms with Crippen LogP contribution in [0.2, 0.25) is 0 Å². The van der Waals surface area contributed by atoms with Crippen LogP contribution >= 0.6 is 0 Å². The molecule has 5 nitrogen and oxygen atoms in total. The summed E-state index contributed by atoms with van der Waals surface area (Å²) in [6, 6.07) is 9.71. The summed E-state index contributed by atoms with van der Waals surface area (Å²) in [4.78, 5) is 24.7. The fourth-order valence-electron chi connectivity index (χ4n) is 2.55. The monoisotopic (exact) mass is 390 g/mol. The smallest absolute Gasteiger partial charge is 0.257 e. The summed E-state index contributed by atoms with van der Waals surface area (Å²) < 4.78 is 33.1. The highest BCUT2D eigenvalue weighted by Gasteiger charge is 2.27. The third kappa shape index (κ3) is 5.77. The molecule has 2 aromatic rings. The lowest BCUT2D eigenvalue weighted by molar-refractivity contribution is -0.124. The number of hydrogen-bond acceptors (Lipinski definition) is 3. The molecule has 1 unspecified atom stereocenters. The van der Waals surface area contributed by atoms with E-state index in [-0.39, 0.29) is 19.1 Å². The number of amides is 2. The molecule has 2 aromatic carbocycles. The van der Waals surface area contributed by atoms with Crippen LogP contribution in [0.5, 0.6) is 5.75 Å². The Morgan fingerprint density at radius 1 is 1.04 bits per heavy atom. The van der Waals surface area contributed by atoms with Crippen molar-refractivity contribution in [3.8, 4) is 5.75 Å². The molecule has 0 aliphatic rings. The molecule has 150 valence electrons. The van der Waals surface area contributed by atoms with Crippen LogP contribution < -0.4 is 15.4 Å². The van der Waals surface area contributed by atoms with Gasteiger partial charge in [-0.25, -0.2) is 8.78 Å². The van der Waals surface area contributed by atoms with Gasteiger partial charge in [0.05, 0.1) is 6.54 Å². The van der Waals surface area contributed by atoms with E-state index < -0.39 is 35.1 Å². The van der Waals surface area contributed by atoms with Gasteiger partial charge in [0.2, 0.25) is 5.91 Å². The van der Waals surface area contributed by atoms with Gasteiger partial charge in [-0.3, -0.25) is 9.59 Å². The van der Waals surface area contributed by atoms with Crippen LogP contribution in [0, 0.1) is 24.5 Å². The zero-order chi connectivity index (χ0) is 20.7. The average Bonchev–Trinajstić information content (AvgIpc) is 2.64. The number of benzene rings is 2. The molecular weight excluding hydrogens is 366 g/mol. The van der Waals surface area contributed by atoms with Crippen molar-refractivity contribution < 1.29 is 23.1 Å². The first kappa shape index (κ1) is 21.3. The lowest BCUT2D eigenvalue weighted by Crippen LogP contribution is -2.50. The molecule has 0 fully saturated rings. The van der Waals surface area contributed by atoms with Gasteiger partial charge in [-0.1, -0.05) is 37.6 Å². The van der Waals surface area contributed by atoms with E-state index in [0.29, 0.717) is 5.75 Å². The molecule has 0 aromatic heterocycles. The summed E-state index contributed by atoms with van der Waals surface area (Å²) in [6.07, 6.45) is 0. The van der Waals surface area contributed by atoms with E-state index in [0.717, 1.165) is 17.7 Å². The zero-order valence-electron chi connectivity index (χ0n) is 16.1. The third-order valence-electron chi connectivity index (χ3n) is 4.12. The van der Waals surface area contributed by atoms with Crippen LogP contribution in [0.15, 0.2) is 42.5 Å². The van der Waals surface area contributed by atoms with Crippen LogP contribution in [0.25, 0.3) is 0 Å². The molecule has 0 aliphatic heterocycles. The Bertz CT molecular complexity index is 803.